The van der Waals surface area contributed by atoms with Crippen LogP contribution in [0.3, 0.4) is 0 Å². The van der Waals surface area contributed by atoms with Crippen molar-refractivity contribution in [2.45, 2.75) is 13.0 Å². The van der Waals surface area contributed by atoms with Gasteiger partial charge in [-0.3, -0.25) is 9.59 Å². The van der Waals surface area contributed by atoms with Gasteiger partial charge in [-0.2, -0.15) is 0 Å². The van der Waals surface area contributed by atoms with Crippen molar-refractivity contribution in [2.24, 2.45) is 0 Å². The minimum absolute atomic E-state index is 0.344. The van der Waals surface area contributed by atoms with Gasteiger partial charge < -0.3 is 10.1 Å². The molecule has 0 radical (unpaired) electrons. The van der Waals surface area contributed by atoms with Gasteiger partial charge in [-0.05, 0) is 37.3 Å². The van der Waals surface area contributed by atoms with Crippen molar-refractivity contribution in [3.63, 3.8) is 0 Å². The first kappa shape index (κ1) is 16.3. The van der Waals surface area contributed by atoms with Crippen LogP contribution in [0.2, 0.25) is 10.0 Å². The molecule has 0 heterocycles. The van der Waals surface area contributed by atoms with Gasteiger partial charge in [0.2, 0.25) is 0 Å². The fourth-order valence-electron chi connectivity index (χ4n) is 1.74. The van der Waals surface area contributed by atoms with Crippen LogP contribution in [-0.2, 0) is 4.79 Å². The number of amides is 1. The van der Waals surface area contributed by atoms with E-state index in [1.807, 2.05) is 0 Å². The number of anilines is 1. The lowest BCUT2D eigenvalue weighted by atomic mass is 10.2. The van der Waals surface area contributed by atoms with E-state index in [0.717, 1.165) is 0 Å². The largest absolute Gasteiger partial charge is 0.481 e. The van der Waals surface area contributed by atoms with E-state index in [4.69, 9.17) is 27.9 Å². The van der Waals surface area contributed by atoms with Gasteiger partial charge in [0, 0.05) is 10.6 Å². The Morgan fingerprint density at radius 1 is 1.23 bits per heavy atom. The maximum atomic E-state index is 12.1. The van der Waals surface area contributed by atoms with Crippen molar-refractivity contribution in [3.05, 3.63) is 58.1 Å². The zero-order chi connectivity index (χ0) is 16.1. The standard InChI is InChI=1S/C16H13Cl2NO3/c1-10(22-13-4-2-3-11(7-13)9-20)16(21)19-15-6-5-12(17)8-14(15)18/h2-10H,1H3,(H,19,21)/t10-/m1/s1. The number of ether oxygens (including phenoxy) is 1. The molecular formula is C16H13Cl2NO3. The fraction of sp³-hybridized carbons (Fsp3) is 0.125. The molecular weight excluding hydrogens is 325 g/mol. The molecule has 2 aromatic carbocycles. The average molecular weight is 338 g/mol. The summed E-state index contributed by atoms with van der Waals surface area (Å²) in [7, 11) is 0. The highest BCUT2D eigenvalue weighted by atomic mass is 35.5. The number of hydrogen-bond donors (Lipinski definition) is 1. The Labute approximate surface area is 138 Å². The molecule has 0 bridgehead atoms. The van der Waals surface area contributed by atoms with Gasteiger partial charge >= 0.3 is 0 Å². The van der Waals surface area contributed by atoms with E-state index in [1.54, 1.807) is 43.3 Å². The van der Waals surface area contributed by atoms with Crippen LogP contribution in [-0.4, -0.2) is 18.3 Å². The molecule has 0 fully saturated rings. The van der Waals surface area contributed by atoms with Crippen LogP contribution in [0, 0.1) is 0 Å². The first-order valence-corrected chi connectivity index (χ1v) is 7.23. The molecule has 1 amide bonds. The van der Waals surface area contributed by atoms with Crippen molar-refractivity contribution in [1.82, 2.24) is 0 Å². The molecule has 2 rings (SSSR count). The van der Waals surface area contributed by atoms with Crippen LogP contribution in [0.15, 0.2) is 42.5 Å². The summed E-state index contributed by atoms with van der Waals surface area (Å²) in [5.74, 6) is 0.0789. The number of aldehydes is 1. The lowest BCUT2D eigenvalue weighted by Crippen LogP contribution is -2.30. The third-order valence-corrected chi connectivity index (χ3v) is 3.41. The molecule has 0 spiro atoms. The molecule has 4 nitrogen and oxygen atoms in total. The van der Waals surface area contributed by atoms with Crippen molar-refractivity contribution >= 4 is 41.1 Å². The maximum Gasteiger partial charge on any atom is 0.265 e. The normalized spacial score (nSPS) is 11.6. The maximum absolute atomic E-state index is 12.1. The van der Waals surface area contributed by atoms with Gasteiger partial charge in [-0.25, -0.2) is 0 Å². The number of rotatable bonds is 5. The van der Waals surface area contributed by atoms with Crippen molar-refractivity contribution in [2.75, 3.05) is 5.32 Å². The Morgan fingerprint density at radius 3 is 2.68 bits per heavy atom. The summed E-state index contributed by atoms with van der Waals surface area (Å²) in [4.78, 5) is 22.8. The Balaban J connectivity index is 2.04. The van der Waals surface area contributed by atoms with E-state index in [-0.39, 0.29) is 5.91 Å². The van der Waals surface area contributed by atoms with E-state index in [0.29, 0.717) is 33.3 Å². The Morgan fingerprint density at radius 2 is 2.00 bits per heavy atom. The van der Waals surface area contributed by atoms with Crippen LogP contribution in [0.5, 0.6) is 5.75 Å². The molecule has 0 saturated carbocycles. The summed E-state index contributed by atoms with van der Waals surface area (Å²) in [5, 5.41) is 3.49. The summed E-state index contributed by atoms with van der Waals surface area (Å²) < 4.78 is 5.51. The highest BCUT2D eigenvalue weighted by Crippen LogP contribution is 2.25. The minimum Gasteiger partial charge on any atom is -0.481 e. The molecule has 0 aliphatic rings. The van der Waals surface area contributed by atoms with Crippen LogP contribution >= 0.6 is 23.2 Å². The molecule has 1 atom stereocenters. The molecule has 22 heavy (non-hydrogen) atoms. The topological polar surface area (TPSA) is 55.4 Å². The van der Waals surface area contributed by atoms with E-state index in [2.05, 4.69) is 5.32 Å². The molecule has 0 aliphatic heterocycles. The highest BCUT2D eigenvalue weighted by molar-refractivity contribution is 6.36. The van der Waals surface area contributed by atoms with Gasteiger partial charge in [0.05, 0.1) is 10.7 Å². The number of carbonyl (C=O) groups excluding carboxylic acids is 2. The zero-order valence-electron chi connectivity index (χ0n) is 11.7. The van der Waals surface area contributed by atoms with Gasteiger partial charge in [0.1, 0.15) is 12.0 Å². The lowest BCUT2D eigenvalue weighted by molar-refractivity contribution is -0.122. The van der Waals surface area contributed by atoms with E-state index in [1.165, 1.54) is 6.07 Å². The molecule has 0 aromatic heterocycles. The van der Waals surface area contributed by atoms with Gasteiger partial charge in [-0.15, -0.1) is 0 Å². The van der Waals surface area contributed by atoms with Crippen LogP contribution in [0.4, 0.5) is 5.69 Å². The molecule has 6 heteroatoms. The summed E-state index contributed by atoms with van der Waals surface area (Å²) in [6, 6.07) is 11.3. The first-order valence-electron chi connectivity index (χ1n) is 6.47. The van der Waals surface area contributed by atoms with Gasteiger partial charge in [0.25, 0.3) is 5.91 Å². The number of nitrogens with one attached hydrogen (secondary N) is 1. The molecule has 114 valence electrons. The van der Waals surface area contributed by atoms with Crippen LogP contribution in [0.1, 0.15) is 17.3 Å². The second-order valence-electron chi connectivity index (χ2n) is 4.56. The quantitative estimate of drug-likeness (QED) is 0.831. The van der Waals surface area contributed by atoms with E-state index >= 15 is 0 Å². The lowest BCUT2D eigenvalue weighted by Gasteiger charge is -2.15. The van der Waals surface area contributed by atoms with Crippen molar-refractivity contribution < 1.29 is 14.3 Å². The monoisotopic (exact) mass is 337 g/mol. The smallest absolute Gasteiger partial charge is 0.265 e. The Bertz CT molecular complexity index is 704. The fourth-order valence-corrected chi connectivity index (χ4v) is 2.20. The molecule has 0 unspecified atom stereocenters. The number of benzene rings is 2. The predicted octanol–water partition coefficient (Wildman–Crippen LogP) is 4.21. The summed E-state index contributed by atoms with van der Waals surface area (Å²) >= 11 is 11.8. The van der Waals surface area contributed by atoms with Crippen molar-refractivity contribution in [1.29, 1.82) is 0 Å². The molecule has 0 saturated heterocycles. The van der Waals surface area contributed by atoms with Crippen molar-refractivity contribution in [3.8, 4) is 5.75 Å². The second-order valence-corrected chi connectivity index (χ2v) is 5.41. The molecule has 2 aromatic rings. The summed E-state index contributed by atoms with van der Waals surface area (Å²) in [6.45, 7) is 1.60. The van der Waals surface area contributed by atoms with E-state index < -0.39 is 6.10 Å². The average Bonchev–Trinajstić information content (AvgIpc) is 2.50. The highest BCUT2D eigenvalue weighted by Gasteiger charge is 2.16. The first-order chi connectivity index (χ1) is 10.5. The third-order valence-electron chi connectivity index (χ3n) is 2.87. The predicted molar refractivity (Wildman–Crippen MR) is 87.0 cm³/mol. The van der Waals surface area contributed by atoms with E-state index in [9.17, 15) is 9.59 Å². The van der Waals surface area contributed by atoms with Crippen LogP contribution in [0.25, 0.3) is 0 Å². The molecule has 1 N–H and O–H groups in total. The summed E-state index contributed by atoms with van der Waals surface area (Å²) in [5.41, 5.74) is 0.930. The second kappa shape index (κ2) is 7.29. The Kier molecular flexibility index (Phi) is 5.41. The SMILES string of the molecule is C[C@@H](Oc1cccc(C=O)c1)C(=O)Nc1ccc(Cl)cc1Cl. The third kappa shape index (κ3) is 4.23. The number of hydrogen-bond acceptors (Lipinski definition) is 3. The number of halogens is 2. The number of carbonyl (C=O) groups is 2. The van der Waals surface area contributed by atoms with Gasteiger partial charge in [-0.1, -0.05) is 35.3 Å². The van der Waals surface area contributed by atoms with Gasteiger partial charge in [0.15, 0.2) is 6.10 Å². The van der Waals surface area contributed by atoms with Crippen LogP contribution < -0.4 is 10.1 Å². The zero-order valence-corrected chi connectivity index (χ0v) is 13.2. The Hall–Kier alpha value is -2.04. The molecule has 0 aliphatic carbocycles. The minimum atomic E-state index is -0.756. The summed E-state index contributed by atoms with van der Waals surface area (Å²) in [6.07, 6.45) is -0.0425.